The Morgan fingerprint density at radius 3 is 2.58 bits per heavy atom. The minimum atomic E-state index is 0.395. The fourth-order valence-corrected chi connectivity index (χ4v) is 2.68. The van der Waals surface area contributed by atoms with Crippen LogP contribution in [0.3, 0.4) is 0 Å². The van der Waals surface area contributed by atoms with Gasteiger partial charge in [0, 0.05) is 63.3 Å². The molecule has 1 N–H and O–H groups in total. The molecule has 1 saturated heterocycles. The number of nitrogens with one attached hydrogen (secondary N) is 1. The molecule has 0 saturated carbocycles. The summed E-state index contributed by atoms with van der Waals surface area (Å²) in [7, 11) is 2.15. The minimum Gasteiger partial charge on any atom is -0.338 e. The van der Waals surface area contributed by atoms with Crippen LogP contribution in [-0.4, -0.2) is 68.9 Å². The van der Waals surface area contributed by atoms with Crippen LogP contribution in [-0.2, 0) is 13.1 Å². The molecule has 1 fully saturated rings. The molecule has 130 valence electrons. The van der Waals surface area contributed by atoms with E-state index < -0.39 is 0 Å². The number of aromatic nitrogens is 5. The number of aryl methyl sites for hydroxylation is 1. The van der Waals surface area contributed by atoms with Crippen LogP contribution >= 0.6 is 0 Å². The Labute approximate surface area is 142 Å². The Hall–Kier alpha value is -2.06. The number of anilines is 1. The van der Waals surface area contributed by atoms with Gasteiger partial charge in [-0.3, -0.25) is 4.68 Å². The third-order valence-corrected chi connectivity index (χ3v) is 4.39. The highest BCUT2D eigenvalue weighted by Crippen LogP contribution is 2.10. The zero-order valence-corrected chi connectivity index (χ0v) is 14.5. The maximum atomic E-state index is 4.53. The molecule has 8 nitrogen and oxygen atoms in total. The normalized spacial score (nSPS) is 17.2. The molecule has 0 aromatic carbocycles. The van der Waals surface area contributed by atoms with Crippen molar-refractivity contribution in [2.75, 3.05) is 38.1 Å². The fourth-order valence-electron chi connectivity index (χ4n) is 2.68. The molecule has 3 rings (SSSR count). The lowest BCUT2D eigenvalue weighted by Crippen LogP contribution is -2.45. The molecule has 2 aromatic rings. The first-order chi connectivity index (χ1) is 11.7. The van der Waals surface area contributed by atoms with E-state index in [-0.39, 0.29) is 0 Å². The molecule has 0 aliphatic carbocycles. The lowest BCUT2D eigenvalue weighted by atomic mass is 10.2. The standard InChI is InChI=1S/C16H26N8/c1-14(3-4-24-13-17-12-21-24)18-9-15-10-19-16(20-11-15)23-7-5-22(2)6-8-23/h10-14,18H,3-9H2,1-2H3. The van der Waals surface area contributed by atoms with Crippen LogP contribution in [0.15, 0.2) is 25.0 Å². The third kappa shape index (κ3) is 4.72. The highest BCUT2D eigenvalue weighted by atomic mass is 15.3. The summed E-state index contributed by atoms with van der Waals surface area (Å²) >= 11 is 0. The number of piperazine rings is 1. The first kappa shape index (κ1) is 16.8. The van der Waals surface area contributed by atoms with Crippen molar-refractivity contribution >= 4 is 5.95 Å². The van der Waals surface area contributed by atoms with E-state index in [1.165, 1.54) is 0 Å². The van der Waals surface area contributed by atoms with Gasteiger partial charge in [-0.25, -0.2) is 15.0 Å². The van der Waals surface area contributed by atoms with E-state index in [9.17, 15) is 0 Å². The van der Waals surface area contributed by atoms with Crippen LogP contribution in [0.2, 0.25) is 0 Å². The summed E-state index contributed by atoms with van der Waals surface area (Å²) in [6.07, 6.45) is 8.17. The van der Waals surface area contributed by atoms with Crippen molar-refractivity contribution in [3.63, 3.8) is 0 Å². The minimum absolute atomic E-state index is 0.395. The summed E-state index contributed by atoms with van der Waals surface area (Å²) < 4.78 is 1.85. The average molecular weight is 330 g/mol. The maximum absolute atomic E-state index is 4.53. The molecule has 0 bridgehead atoms. The lowest BCUT2D eigenvalue weighted by Gasteiger charge is -2.32. The summed E-state index contributed by atoms with van der Waals surface area (Å²) in [6, 6.07) is 0.395. The zero-order valence-electron chi connectivity index (χ0n) is 14.5. The fraction of sp³-hybridized carbons (Fsp3) is 0.625. The summed E-state index contributed by atoms with van der Waals surface area (Å²) in [4.78, 5) is 17.6. The van der Waals surface area contributed by atoms with Crippen LogP contribution in [0, 0.1) is 0 Å². The molecule has 1 unspecified atom stereocenters. The van der Waals surface area contributed by atoms with E-state index >= 15 is 0 Å². The molecular weight excluding hydrogens is 304 g/mol. The van der Waals surface area contributed by atoms with Gasteiger partial charge in [0.25, 0.3) is 0 Å². The maximum Gasteiger partial charge on any atom is 0.225 e. The highest BCUT2D eigenvalue weighted by Gasteiger charge is 2.16. The van der Waals surface area contributed by atoms with E-state index in [1.807, 2.05) is 17.1 Å². The van der Waals surface area contributed by atoms with E-state index in [0.717, 1.165) is 57.2 Å². The smallest absolute Gasteiger partial charge is 0.225 e. The van der Waals surface area contributed by atoms with Crippen molar-refractivity contribution in [3.8, 4) is 0 Å². The summed E-state index contributed by atoms with van der Waals surface area (Å²) in [5.41, 5.74) is 1.11. The molecule has 0 radical (unpaired) electrons. The van der Waals surface area contributed by atoms with Crippen molar-refractivity contribution in [3.05, 3.63) is 30.6 Å². The molecule has 24 heavy (non-hydrogen) atoms. The average Bonchev–Trinajstić information content (AvgIpc) is 3.13. The monoisotopic (exact) mass is 330 g/mol. The van der Waals surface area contributed by atoms with E-state index in [2.05, 4.69) is 49.1 Å². The van der Waals surface area contributed by atoms with Crippen LogP contribution in [0.25, 0.3) is 0 Å². The number of hydrogen-bond acceptors (Lipinski definition) is 7. The highest BCUT2D eigenvalue weighted by molar-refractivity contribution is 5.30. The van der Waals surface area contributed by atoms with Crippen molar-refractivity contribution in [2.24, 2.45) is 0 Å². The number of rotatable bonds is 7. The Balaban J connectivity index is 1.42. The van der Waals surface area contributed by atoms with Crippen LogP contribution in [0.4, 0.5) is 5.95 Å². The molecule has 2 aromatic heterocycles. The molecular formula is C16H26N8. The van der Waals surface area contributed by atoms with Gasteiger partial charge < -0.3 is 15.1 Å². The van der Waals surface area contributed by atoms with Gasteiger partial charge in [-0.05, 0) is 20.4 Å². The van der Waals surface area contributed by atoms with Crippen molar-refractivity contribution in [2.45, 2.75) is 32.5 Å². The molecule has 0 spiro atoms. The topological polar surface area (TPSA) is 75.0 Å². The van der Waals surface area contributed by atoms with Gasteiger partial charge in [-0.15, -0.1) is 0 Å². The number of likely N-dealkylation sites (N-methyl/N-ethyl adjacent to an activating group) is 1. The lowest BCUT2D eigenvalue weighted by molar-refractivity contribution is 0.311. The van der Waals surface area contributed by atoms with E-state index in [1.54, 1.807) is 12.7 Å². The van der Waals surface area contributed by atoms with Crippen molar-refractivity contribution in [1.82, 2.24) is 34.9 Å². The van der Waals surface area contributed by atoms with E-state index in [4.69, 9.17) is 0 Å². The molecule has 1 aliphatic rings. The third-order valence-electron chi connectivity index (χ3n) is 4.39. The van der Waals surface area contributed by atoms with Gasteiger partial charge in [0.15, 0.2) is 0 Å². The predicted octanol–water partition coefficient (Wildman–Crippen LogP) is 0.388. The zero-order chi connectivity index (χ0) is 16.8. The predicted molar refractivity (Wildman–Crippen MR) is 92.7 cm³/mol. The second-order valence-electron chi connectivity index (χ2n) is 6.41. The first-order valence-corrected chi connectivity index (χ1v) is 8.51. The Bertz CT molecular complexity index is 589. The molecule has 3 heterocycles. The second-order valence-corrected chi connectivity index (χ2v) is 6.41. The van der Waals surface area contributed by atoms with Crippen molar-refractivity contribution in [1.29, 1.82) is 0 Å². The van der Waals surface area contributed by atoms with Gasteiger partial charge in [-0.2, -0.15) is 5.10 Å². The van der Waals surface area contributed by atoms with Gasteiger partial charge in [0.2, 0.25) is 5.95 Å². The molecule has 1 atom stereocenters. The summed E-state index contributed by atoms with van der Waals surface area (Å²) in [5.74, 6) is 0.839. The van der Waals surface area contributed by atoms with E-state index in [0.29, 0.717) is 6.04 Å². The molecule has 1 aliphatic heterocycles. The van der Waals surface area contributed by atoms with Gasteiger partial charge in [0.1, 0.15) is 12.7 Å². The first-order valence-electron chi connectivity index (χ1n) is 8.51. The van der Waals surface area contributed by atoms with Gasteiger partial charge >= 0.3 is 0 Å². The van der Waals surface area contributed by atoms with Crippen LogP contribution < -0.4 is 10.2 Å². The molecule has 8 heteroatoms. The van der Waals surface area contributed by atoms with Gasteiger partial charge in [-0.1, -0.05) is 0 Å². The summed E-state index contributed by atoms with van der Waals surface area (Å²) in [6.45, 7) is 7.94. The van der Waals surface area contributed by atoms with Crippen LogP contribution in [0.5, 0.6) is 0 Å². The SMILES string of the molecule is CC(CCn1cncn1)NCc1cnc(N2CCN(C)CC2)nc1. The quantitative estimate of drug-likeness (QED) is 0.787. The molecule has 0 amide bonds. The largest absolute Gasteiger partial charge is 0.338 e. The number of hydrogen-bond donors (Lipinski definition) is 1. The van der Waals surface area contributed by atoms with Crippen molar-refractivity contribution < 1.29 is 0 Å². The van der Waals surface area contributed by atoms with Crippen LogP contribution in [0.1, 0.15) is 18.9 Å². The Morgan fingerprint density at radius 2 is 1.92 bits per heavy atom. The number of nitrogens with zero attached hydrogens (tertiary/aromatic N) is 7. The summed E-state index contributed by atoms with van der Waals surface area (Å²) in [5, 5.41) is 7.62. The Kier molecular flexibility index (Phi) is 5.71. The second kappa shape index (κ2) is 8.16. The van der Waals surface area contributed by atoms with Gasteiger partial charge in [0.05, 0.1) is 0 Å². The Morgan fingerprint density at radius 1 is 1.17 bits per heavy atom.